The van der Waals surface area contributed by atoms with Crippen molar-refractivity contribution in [3.63, 3.8) is 0 Å². The Bertz CT molecular complexity index is 1120. The fourth-order valence-electron chi connectivity index (χ4n) is 4.03. The molecule has 0 fully saturated rings. The number of hydrogen-bond acceptors (Lipinski definition) is 7. The number of fused-ring (bicyclic) bond motifs is 1. The van der Waals surface area contributed by atoms with Crippen molar-refractivity contribution in [3.8, 4) is 28.6 Å². The highest BCUT2D eigenvalue weighted by Crippen LogP contribution is 2.37. The molecule has 32 heavy (non-hydrogen) atoms. The summed E-state index contributed by atoms with van der Waals surface area (Å²) in [5.41, 5.74) is 10.6. The summed E-state index contributed by atoms with van der Waals surface area (Å²) in [5, 5.41) is 7.34. The van der Waals surface area contributed by atoms with E-state index in [1.165, 1.54) is 0 Å². The fraction of sp³-hybridized carbons (Fsp3) is 0.375. The van der Waals surface area contributed by atoms with Crippen LogP contribution in [0.4, 0.5) is 5.69 Å². The molecule has 1 aliphatic rings. The molecular weight excluding hydrogens is 406 g/mol. The Hall–Kier alpha value is -3.39. The average Bonchev–Trinajstić information content (AvgIpc) is 3.36. The first-order valence-corrected chi connectivity index (χ1v) is 10.8. The average molecular weight is 436 g/mol. The monoisotopic (exact) mass is 435 g/mol. The third-order valence-corrected chi connectivity index (χ3v) is 5.35. The lowest BCUT2D eigenvalue weighted by Gasteiger charge is -2.16. The molecular formula is C24H29N5O3. The zero-order chi connectivity index (χ0) is 22.8. The third-order valence-electron chi connectivity index (χ3n) is 5.35. The van der Waals surface area contributed by atoms with Crippen molar-refractivity contribution >= 4 is 11.6 Å². The number of benzene rings is 2. The first-order valence-electron chi connectivity index (χ1n) is 10.8. The van der Waals surface area contributed by atoms with E-state index in [9.17, 15) is 4.79 Å². The Morgan fingerprint density at radius 2 is 2.12 bits per heavy atom. The Kier molecular flexibility index (Phi) is 6.14. The molecule has 0 unspecified atom stereocenters. The summed E-state index contributed by atoms with van der Waals surface area (Å²) in [5.74, 6) is 1.57. The van der Waals surface area contributed by atoms with E-state index in [1.54, 1.807) is 6.07 Å². The second kappa shape index (κ2) is 9.00. The van der Waals surface area contributed by atoms with Crippen LogP contribution in [0.2, 0.25) is 0 Å². The second-order valence-electron chi connectivity index (χ2n) is 8.61. The van der Waals surface area contributed by atoms with Gasteiger partial charge in [-0.15, -0.1) is 0 Å². The second-order valence-corrected chi connectivity index (χ2v) is 8.61. The highest BCUT2D eigenvalue weighted by atomic mass is 16.5. The standard InChI is InChI=1S/C24H29N5O3/c1-14(2)31-21-11-8-15(12-19(21)25)24-27-23(28-32-24)18-7-5-6-17-16(18)9-10-20(17)26-22(30)13-29(3)4/h5-8,11-12,14,20H,9-10,13,25H2,1-4H3,(H,26,30)/t20-/m0/s1. The number of likely N-dealkylation sites (N-methyl/N-ethyl adjacent to an activating group) is 1. The van der Waals surface area contributed by atoms with Crippen LogP contribution in [0, 0.1) is 0 Å². The van der Waals surface area contributed by atoms with Gasteiger partial charge in [0.2, 0.25) is 11.7 Å². The molecule has 8 nitrogen and oxygen atoms in total. The van der Waals surface area contributed by atoms with Crippen LogP contribution in [0.1, 0.15) is 37.4 Å². The van der Waals surface area contributed by atoms with Gasteiger partial charge in [0.05, 0.1) is 24.4 Å². The van der Waals surface area contributed by atoms with Crippen molar-refractivity contribution in [1.82, 2.24) is 20.4 Å². The summed E-state index contributed by atoms with van der Waals surface area (Å²) in [6.45, 7) is 4.27. The van der Waals surface area contributed by atoms with Crippen LogP contribution >= 0.6 is 0 Å². The zero-order valence-electron chi connectivity index (χ0n) is 18.9. The SMILES string of the molecule is CC(C)Oc1ccc(-c2nc(-c3cccc4c3CC[C@@H]4NC(=O)CN(C)C)no2)cc1N. The fourth-order valence-corrected chi connectivity index (χ4v) is 4.03. The molecule has 0 spiro atoms. The van der Waals surface area contributed by atoms with Crippen LogP contribution < -0.4 is 15.8 Å². The van der Waals surface area contributed by atoms with Crippen LogP contribution in [-0.4, -0.2) is 47.7 Å². The maximum Gasteiger partial charge on any atom is 0.258 e. The Morgan fingerprint density at radius 3 is 2.84 bits per heavy atom. The summed E-state index contributed by atoms with van der Waals surface area (Å²) in [4.78, 5) is 18.7. The van der Waals surface area contributed by atoms with Crippen molar-refractivity contribution in [1.29, 1.82) is 0 Å². The van der Waals surface area contributed by atoms with E-state index >= 15 is 0 Å². The molecule has 0 radical (unpaired) electrons. The summed E-state index contributed by atoms with van der Waals surface area (Å²) < 4.78 is 11.2. The van der Waals surface area contributed by atoms with Gasteiger partial charge < -0.3 is 25.2 Å². The molecule has 1 atom stereocenters. The van der Waals surface area contributed by atoms with E-state index in [2.05, 4.69) is 21.5 Å². The van der Waals surface area contributed by atoms with E-state index in [4.69, 9.17) is 15.0 Å². The highest BCUT2D eigenvalue weighted by molar-refractivity contribution is 5.79. The lowest BCUT2D eigenvalue weighted by atomic mass is 10.0. The summed E-state index contributed by atoms with van der Waals surface area (Å²) in [6.07, 6.45) is 1.73. The lowest BCUT2D eigenvalue weighted by molar-refractivity contribution is -0.122. The molecule has 8 heteroatoms. The number of anilines is 1. The van der Waals surface area contributed by atoms with E-state index < -0.39 is 0 Å². The molecule has 1 heterocycles. The molecule has 2 aromatic carbocycles. The molecule has 3 N–H and O–H groups in total. The van der Waals surface area contributed by atoms with Gasteiger partial charge in [0.15, 0.2) is 0 Å². The predicted molar refractivity (Wildman–Crippen MR) is 123 cm³/mol. The van der Waals surface area contributed by atoms with E-state index in [0.29, 0.717) is 29.7 Å². The first kappa shape index (κ1) is 21.8. The van der Waals surface area contributed by atoms with Crippen molar-refractivity contribution in [3.05, 3.63) is 47.5 Å². The zero-order valence-corrected chi connectivity index (χ0v) is 18.9. The summed E-state index contributed by atoms with van der Waals surface area (Å²) in [6, 6.07) is 11.5. The van der Waals surface area contributed by atoms with Gasteiger partial charge in [-0.3, -0.25) is 4.79 Å². The molecule has 0 bridgehead atoms. The summed E-state index contributed by atoms with van der Waals surface area (Å²) in [7, 11) is 3.76. The van der Waals surface area contributed by atoms with Crippen LogP contribution in [0.15, 0.2) is 40.9 Å². The molecule has 1 aromatic heterocycles. The molecule has 1 aliphatic carbocycles. The number of nitrogen functional groups attached to an aromatic ring is 1. The van der Waals surface area contributed by atoms with Gasteiger partial charge in [-0.05, 0) is 70.1 Å². The molecule has 0 aliphatic heterocycles. The van der Waals surface area contributed by atoms with Crippen LogP contribution in [0.5, 0.6) is 5.75 Å². The van der Waals surface area contributed by atoms with Gasteiger partial charge in [-0.25, -0.2) is 0 Å². The van der Waals surface area contributed by atoms with Crippen molar-refractivity contribution in [2.45, 2.75) is 38.8 Å². The molecule has 0 saturated carbocycles. The Morgan fingerprint density at radius 1 is 1.31 bits per heavy atom. The minimum atomic E-state index is -0.00271. The largest absolute Gasteiger partial charge is 0.489 e. The molecule has 0 saturated heterocycles. The van der Waals surface area contributed by atoms with Gasteiger partial charge in [-0.1, -0.05) is 23.4 Å². The van der Waals surface area contributed by atoms with E-state index in [0.717, 1.165) is 35.1 Å². The number of nitrogens with one attached hydrogen (secondary N) is 1. The minimum absolute atomic E-state index is 0.00271. The Labute approximate surface area is 187 Å². The number of carbonyl (C=O) groups is 1. The Balaban J connectivity index is 1.57. The quantitative estimate of drug-likeness (QED) is 0.548. The number of rotatable bonds is 7. The van der Waals surface area contributed by atoms with Crippen molar-refractivity contribution in [2.24, 2.45) is 0 Å². The first-order chi connectivity index (χ1) is 15.3. The van der Waals surface area contributed by atoms with Gasteiger partial charge >= 0.3 is 0 Å². The third kappa shape index (κ3) is 4.60. The smallest absolute Gasteiger partial charge is 0.258 e. The maximum absolute atomic E-state index is 12.2. The van der Waals surface area contributed by atoms with E-state index in [-0.39, 0.29) is 18.1 Å². The number of hydrogen-bond donors (Lipinski definition) is 2. The molecule has 4 rings (SSSR count). The predicted octanol–water partition coefficient (Wildman–Crippen LogP) is 3.44. The number of carbonyl (C=O) groups excluding carboxylic acids is 1. The summed E-state index contributed by atoms with van der Waals surface area (Å²) >= 11 is 0. The molecule has 168 valence electrons. The maximum atomic E-state index is 12.2. The van der Waals surface area contributed by atoms with Crippen LogP contribution in [0.25, 0.3) is 22.8 Å². The van der Waals surface area contributed by atoms with Gasteiger partial charge in [0.1, 0.15) is 5.75 Å². The highest BCUT2D eigenvalue weighted by Gasteiger charge is 2.27. The van der Waals surface area contributed by atoms with Gasteiger partial charge in [0, 0.05) is 11.1 Å². The number of aromatic nitrogens is 2. The van der Waals surface area contributed by atoms with Gasteiger partial charge in [-0.2, -0.15) is 4.98 Å². The number of ether oxygens (including phenoxy) is 1. The molecule has 3 aromatic rings. The number of nitrogens with two attached hydrogens (primary N) is 1. The van der Waals surface area contributed by atoms with Gasteiger partial charge in [0.25, 0.3) is 5.89 Å². The minimum Gasteiger partial charge on any atom is -0.489 e. The number of amides is 1. The van der Waals surface area contributed by atoms with Crippen molar-refractivity contribution < 1.29 is 14.1 Å². The lowest BCUT2D eigenvalue weighted by Crippen LogP contribution is -2.35. The molecule has 1 amide bonds. The topological polar surface area (TPSA) is 107 Å². The van der Waals surface area contributed by atoms with Crippen molar-refractivity contribution in [2.75, 3.05) is 26.4 Å². The van der Waals surface area contributed by atoms with E-state index in [1.807, 2.05) is 57.1 Å². The van der Waals surface area contributed by atoms with Crippen LogP contribution in [-0.2, 0) is 11.2 Å². The number of nitrogens with zero attached hydrogens (tertiary/aromatic N) is 3. The normalized spacial score (nSPS) is 15.2. The van der Waals surface area contributed by atoms with Crippen LogP contribution in [0.3, 0.4) is 0 Å².